The predicted molar refractivity (Wildman–Crippen MR) is 63.7 cm³/mol. The highest BCUT2D eigenvalue weighted by Crippen LogP contribution is 2.20. The second-order valence-electron chi connectivity index (χ2n) is 3.39. The van der Waals surface area contributed by atoms with Crippen molar-refractivity contribution >= 4 is 11.4 Å². The Morgan fingerprint density at radius 3 is 2.71 bits per heavy atom. The topological polar surface area (TPSA) is 87.6 Å². The van der Waals surface area contributed by atoms with Gasteiger partial charge in [0.1, 0.15) is 0 Å². The summed E-state index contributed by atoms with van der Waals surface area (Å²) in [5, 5.41) is 10.6. The van der Waals surface area contributed by atoms with Crippen LogP contribution in [-0.2, 0) is 16.1 Å². The van der Waals surface area contributed by atoms with Gasteiger partial charge in [0, 0.05) is 30.0 Å². The molecule has 6 heteroatoms. The highest BCUT2D eigenvalue weighted by atomic mass is 16.6. The first-order valence-corrected chi connectivity index (χ1v) is 5.33. The molecule has 94 valence electrons. The second-order valence-corrected chi connectivity index (χ2v) is 3.39. The van der Waals surface area contributed by atoms with Crippen LogP contribution in [0.25, 0.3) is 0 Å². The fourth-order valence-electron chi connectivity index (χ4n) is 1.28. The molecule has 1 aromatic carbocycles. The summed E-state index contributed by atoms with van der Waals surface area (Å²) in [6.07, 6.45) is 0. The van der Waals surface area contributed by atoms with Gasteiger partial charge >= 0.3 is 0 Å². The number of ether oxygens (including phenoxy) is 2. The Morgan fingerprint density at radius 2 is 2.06 bits per heavy atom. The lowest BCUT2D eigenvalue weighted by Gasteiger charge is -2.07. The normalized spacial score (nSPS) is 10.4. The Balaban J connectivity index is 2.51. The molecule has 0 aromatic heterocycles. The van der Waals surface area contributed by atoms with Gasteiger partial charge in [-0.15, -0.1) is 0 Å². The molecule has 0 aliphatic heterocycles. The Hall–Kier alpha value is -1.66. The number of benzene rings is 1. The van der Waals surface area contributed by atoms with Gasteiger partial charge in [0.2, 0.25) is 0 Å². The number of hydrogen-bond acceptors (Lipinski definition) is 5. The molecule has 0 saturated heterocycles. The maximum absolute atomic E-state index is 10.6. The minimum atomic E-state index is -0.455. The molecule has 0 saturated carbocycles. The minimum absolute atomic E-state index is 0.0163. The van der Waals surface area contributed by atoms with E-state index in [0.717, 1.165) is 0 Å². The number of nitro benzene ring substituents is 1. The number of nitrogens with zero attached hydrogens (tertiary/aromatic N) is 1. The highest BCUT2D eigenvalue weighted by Gasteiger charge is 2.08. The Morgan fingerprint density at radius 1 is 1.35 bits per heavy atom. The average molecular weight is 240 g/mol. The number of anilines is 1. The average Bonchev–Trinajstić information content (AvgIpc) is 2.30. The van der Waals surface area contributed by atoms with E-state index in [2.05, 4.69) is 0 Å². The molecular weight excluding hydrogens is 224 g/mol. The first kappa shape index (κ1) is 13.4. The molecule has 0 unspecified atom stereocenters. The zero-order valence-electron chi connectivity index (χ0n) is 9.72. The molecule has 1 rings (SSSR count). The fourth-order valence-corrected chi connectivity index (χ4v) is 1.28. The highest BCUT2D eigenvalue weighted by molar-refractivity contribution is 5.52. The summed E-state index contributed by atoms with van der Waals surface area (Å²) >= 11 is 0. The Bertz CT molecular complexity index is 382. The first-order chi connectivity index (χ1) is 8.15. The van der Waals surface area contributed by atoms with Crippen LogP contribution in [0.5, 0.6) is 0 Å². The lowest BCUT2D eigenvalue weighted by molar-refractivity contribution is -0.384. The van der Waals surface area contributed by atoms with Gasteiger partial charge in [-0.3, -0.25) is 10.1 Å². The van der Waals surface area contributed by atoms with Gasteiger partial charge in [-0.25, -0.2) is 0 Å². The number of nitrogen functional groups attached to an aromatic ring is 1. The van der Waals surface area contributed by atoms with Crippen molar-refractivity contribution in [2.45, 2.75) is 13.5 Å². The van der Waals surface area contributed by atoms with Crippen molar-refractivity contribution in [1.29, 1.82) is 0 Å². The molecule has 0 aliphatic rings. The molecular formula is C11H16N2O4. The van der Waals surface area contributed by atoms with Crippen molar-refractivity contribution in [3.05, 3.63) is 33.9 Å². The van der Waals surface area contributed by atoms with Crippen molar-refractivity contribution in [2.75, 3.05) is 25.6 Å². The Kier molecular flexibility index (Phi) is 5.38. The van der Waals surface area contributed by atoms with E-state index >= 15 is 0 Å². The third kappa shape index (κ3) is 4.38. The monoisotopic (exact) mass is 240 g/mol. The van der Waals surface area contributed by atoms with E-state index in [0.29, 0.717) is 31.1 Å². The molecule has 0 bridgehead atoms. The van der Waals surface area contributed by atoms with Crippen LogP contribution < -0.4 is 5.73 Å². The van der Waals surface area contributed by atoms with Gasteiger partial charge in [0.05, 0.1) is 24.7 Å². The van der Waals surface area contributed by atoms with Gasteiger partial charge in [-0.2, -0.15) is 0 Å². The molecule has 0 fully saturated rings. The summed E-state index contributed by atoms with van der Waals surface area (Å²) in [6, 6.07) is 4.31. The summed E-state index contributed by atoms with van der Waals surface area (Å²) in [4.78, 5) is 10.1. The van der Waals surface area contributed by atoms with E-state index in [4.69, 9.17) is 15.2 Å². The summed E-state index contributed by atoms with van der Waals surface area (Å²) < 4.78 is 10.4. The maximum Gasteiger partial charge on any atom is 0.269 e. The van der Waals surface area contributed by atoms with Crippen LogP contribution in [0.2, 0.25) is 0 Å². The number of nitrogens with two attached hydrogens (primary N) is 1. The SMILES string of the molecule is CCOCCOCc1cc([N+](=O)[O-])ccc1N. The molecule has 17 heavy (non-hydrogen) atoms. The van der Waals surface area contributed by atoms with Gasteiger partial charge in [-0.1, -0.05) is 0 Å². The maximum atomic E-state index is 10.6. The molecule has 2 N–H and O–H groups in total. The van der Waals surface area contributed by atoms with Crippen LogP contribution in [0, 0.1) is 10.1 Å². The zero-order valence-corrected chi connectivity index (χ0v) is 9.72. The van der Waals surface area contributed by atoms with Crippen molar-refractivity contribution in [2.24, 2.45) is 0 Å². The molecule has 6 nitrogen and oxygen atoms in total. The third-order valence-electron chi connectivity index (χ3n) is 2.17. The van der Waals surface area contributed by atoms with Crippen LogP contribution in [0.1, 0.15) is 12.5 Å². The summed E-state index contributed by atoms with van der Waals surface area (Å²) in [5.74, 6) is 0. The van der Waals surface area contributed by atoms with E-state index in [9.17, 15) is 10.1 Å². The lowest BCUT2D eigenvalue weighted by atomic mass is 10.2. The number of non-ortho nitro benzene ring substituents is 1. The summed E-state index contributed by atoms with van der Waals surface area (Å²) in [5.41, 5.74) is 6.83. The van der Waals surface area contributed by atoms with E-state index in [1.54, 1.807) is 0 Å². The van der Waals surface area contributed by atoms with E-state index < -0.39 is 4.92 Å². The molecule has 0 spiro atoms. The van der Waals surface area contributed by atoms with Crippen molar-refractivity contribution < 1.29 is 14.4 Å². The predicted octanol–water partition coefficient (Wildman–Crippen LogP) is 1.73. The Labute approximate surface area is 99.5 Å². The quantitative estimate of drug-likeness (QED) is 0.339. The number of nitro groups is 1. The molecule has 0 radical (unpaired) electrons. The number of hydrogen-bond donors (Lipinski definition) is 1. The smallest absolute Gasteiger partial charge is 0.269 e. The van der Waals surface area contributed by atoms with Gasteiger partial charge < -0.3 is 15.2 Å². The summed E-state index contributed by atoms with van der Waals surface area (Å²) in [7, 11) is 0. The largest absolute Gasteiger partial charge is 0.398 e. The standard InChI is InChI=1S/C11H16N2O4/c1-2-16-5-6-17-8-9-7-10(13(14)15)3-4-11(9)12/h3-4,7H,2,5-6,8,12H2,1H3. The van der Waals surface area contributed by atoms with Gasteiger partial charge in [0.25, 0.3) is 5.69 Å². The molecule has 1 aromatic rings. The third-order valence-corrected chi connectivity index (χ3v) is 2.17. The van der Waals surface area contributed by atoms with Crippen molar-refractivity contribution in [3.63, 3.8) is 0 Å². The lowest BCUT2D eigenvalue weighted by Crippen LogP contribution is -2.05. The van der Waals surface area contributed by atoms with E-state index in [1.807, 2.05) is 6.92 Å². The van der Waals surface area contributed by atoms with Crippen molar-refractivity contribution in [3.8, 4) is 0 Å². The number of rotatable bonds is 7. The second kappa shape index (κ2) is 6.82. The molecule has 0 atom stereocenters. The molecule has 0 heterocycles. The van der Waals surface area contributed by atoms with Gasteiger partial charge in [0.15, 0.2) is 0 Å². The fraction of sp³-hybridized carbons (Fsp3) is 0.455. The zero-order chi connectivity index (χ0) is 12.7. The van der Waals surface area contributed by atoms with E-state index in [1.165, 1.54) is 18.2 Å². The van der Waals surface area contributed by atoms with E-state index in [-0.39, 0.29) is 12.3 Å². The van der Waals surface area contributed by atoms with Crippen LogP contribution in [-0.4, -0.2) is 24.7 Å². The minimum Gasteiger partial charge on any atom is -0.398 e. The van der Waals surface area contributed by atoms with Crippen LogP contribution in [0.15, 0.2) is 18.2 Å². The van der Waals surface area contributed by atoms with Gasteiger partial charge in [-0.05, 0) is 13.0 Å². The molecule has 0 aliphatic carbocycles. The van der Waals surface area contributed by atoms with Crippen LogP contribution in [0.3, 0.4) is 0 Å². The first-order valence-electron chi connectivity index (χ1n) is 5.33. The van der Waals surface area contributed by atoms with Crippen LogP contribution >= 0.6 is 0 Å². The van der Waals surface area contributed by atoms with Crippen molar-refractivity contribution in [1.82, 2.24) is 0 Å². The molecule has 0 amide bonds. The summed E-state index contributed by atoms with van der Waals surface area (Å²) in [6.45, 7) is 3.74. The van der Waals surface area contributed by atoms with Crippen LogP contribution in [0.4, 0.5) is 11.4 Å².